The van der Waals surface area contributed by atoms with Crippen molar-refractivity contribution in [3.8, 4) is 0 Å². The minimum Gasteiger partial charge on any atom is -0.439 e. The van der Waals surface area contributed by atoms with Gasteiger partial charge in [-0.15, -0.1) is 0 Å². The van der Waals surface area contributed by atoms with Crippen LogP contribution in [0.4, 0.5) is 0 Å². The van der Waals surface area contributed by atoms with Gasteiger partial charge in [0.1, 0.15) is 10.4 Å². The van der Waals surface area contributed by atoms with Crippen molar-refractivity contribution in [1.29, 1.82) is 0 Å². The van der Waals surface area contributed by atoms with Crippen LogP contribution in [0.3, 0.4) is 0 Å². The highest BCUT2D eigenvalue weighted by Gasteiger charge is 2.31. The average Bonchev–Trinajstić information content (AvgIpc) is 3.05. The van der Waals surface area contributed by atoms with Gasteiger partial charge in [-0.1, -0.05) is 32.4 Å². The molecule has 0 bridgehead atoms. The highest BCUT2D eigenvalue weighted by Crippen LogP contribution is 2.35. The van der Waals surface area contributed by atoms with Gasteiger partial charge in [0.2, 0.25) is 5.89 Å². The van der Waals surface area contributed by atoms with E-state index < -0.39 is 9.84 Å². The Labute approximate surface area is 140 Å². The second-order valence-corrected chi connectivity index (χ2v) is 9.38. The molecule has 0 saturated carbocycles. The summed E-state index contributed by atoms with van der Waals surface area (Å²) in [4.78, 5) is 4.46. The van der Waals surface area contributed by atoms with E-state index in [0.29, 0.717) is 24.6 Å². The Morgan fingerprint density at radius 1 is 1.35 bits per heavy atom. The van der Waals surface area contributed by atoms with Crippen molar-refractivity contribution in [2.45, 2.75) is 37.5 Å². The number of halogens is 1. The average molecular weight is 358 g/mol. The zero-order chi connectivity index (χ0) is 16.8. The number of sulfone groups is 1. The van der Waals surface area contributed by atoms with E-state index in [1.54, 1.807) is 12.1 Å². The lowest BCUT2D eigenvalue weighted by atomic mass is 9.97. The van der Waals surface area contributed by atoms with Crippen LogP contribution < -0.4 is 0 Å². The zero-order valence-electron chi connectivity index (χ0n) is 13.4. The Bertz CT molecular complexity index is 830. The van der Waals surface area contributed by atoms with Crippen LogP contribution in [0.15, 0.2) is 21.4 Å². The molecule has 0 radical (unpaired) electrons. The van der Waals surface area contributed by atoms with Crippen molar-refractivity contribution in [2.75, 3.05) is 19.0 Å². The molecule has 1 aliphatic rings. The van der Waals surface area contributed by atoms with E-state index in [9.17, 15) is 8.42 Å². The number of fused-ring (bicyclic) bond motifs is 1. The molecule has 23 heavy (non-hydrogen) atoms. The number of rotatable bonds is 3. The third kappa shape index (κ3) is 3.25. The standard InChI is InChI=1S/C16H20ClNO4S/c1-16(2,3)15-18-12-5-4-11(17)14(13(12)22-15)23(19,20)9-10-6-7-21-8-10/h4-5,10H,6-9H2,1-3H3/t10-/m1/s1. The first kappa shape index (κ1) is 16.7. The van der Waals surface area contributed by atoms with Crippen molar-refractivity contribution >= 4 is 32.5 Å². The first-order chi connectivity index (χ1) is 10.7. The van der Waals surface area contributed by atoms with E-state index in [1.165, 1.54) is 0 Å². The number of nitrogens with zero attached hydrogens (tertiary/aromatic N) is 1. The van der Waals surface area contributed by atoms with Crippen LogP contribution in [0.1, 0.15) is 33.1 Å². The molecule has 0 amide bonds. The molecular weight excluding hydrogens is 338 g/mol. The number of ether oxygens (including phenoxy) is 1. The van der Waals surface area contributed by atoms with Crippen LogP contribution in [-0.2, 0) is 20.0 Å². The van der Waals surface area contributed by atoms with E-state index in [4.69, 9.17) is 20.8 Å². The molecule has 2 heterocycles. The fourth-order valence-corrected chi connectivity index (χ4v) is 5.01. The molecule has 1 atom stereocenters. The lowest BCUT2D eigenvalue weighted by Gasteiger charge is -2.12. The number of hydrogen-bond donors (Lipinski definition) is 0. The lowest BCUT2D eigenvalue weighted by molar-refractivity contribution is 0.188. The summed E-state index contributed by atoms with van der Waals surface area (Å²) in [6, 6.07) is 3.25. The Morgan fingerprint density at radius 3 is 2.70 bits per heavy atom. The molecule has 1 fully saturated rings. The predicted molar refractivity (Wildman–Crippen MR) is 88.7 cm³/mol. The molecule has 5 nitrogen and oxygen atoms in total. The maximum atomic E-state index is 12.9. The molecule has 1 aliphatic heterocycles. The van der Waals surface area contributed by atoms with Gasteiger partial charge in [-0.05, 0) is 24.5 Å². The van der Waals surface area contributed by atoms with Crippen LogP contribution in [0.5, 0.6) is 0 Å². The molecule has 0 aliphatic carbocycles. The van der Waals surface area contributed by atoms with Gasteiger partial charge in [0.15, 0.2) is 15.4 Å². The number of aromatic nitrogens is 1. The first-order valence-corrected chi connectivity index (χ1v) is 9.61. The van der Waals surface area contributed by atoms with Crippen molar-refractivity contribution in [2.24, 2.45) is 5.92 Å². The zero-order valence-corrected chi connectivity index (χ0v) is 15.0. The summed E-state index contributed by atoms with van der Waals surface area (Å²) in [5.74, 6) is 0.504. The Hall–Kier alpha value is -1.11. The van der Waals surface area contributed by atoms with Crippen LogP contribution >= 0.6 is 11.6 Å². The van der Waals surface area contributed by atoms with Gasteiger partial charge < -0.3 is 9.15 Å². The largest absolute Gasteiger partial charge is 0.439 e. The minimum absolute atomic E-state index is 0.00340. The molecule has 0 N–H and O–H groups in total. The van der Waals surface area contributed by atoms with Crippen molar-refractivity contribution in [3.05, 3.63) is 23.0 Å². The van der Waals surface area contributed by atoms with E-state index in [0.717, 1.165) is 6.42 Å². The molecule has 1 aromatic heterocycles. The van der Waals surface area contributed by atoms with E-state index >= 15 is 0 Å². The summed E-state index contributed by atoms with van der Waals surface area (Å²) >= 11 is 6.20. The second kappa shape index (κ2) is 5.76. The summed E-state index contributed by atoms with van der Waals surface area (Å²) in [7, 11) is -3.58. The van der Waals surface area contributed by atoms with Crippen LogP contribution in [0, 0.1) is 5.92 Å². The molecule has 0 unspecified atom stereocenters. The molecule has 3 rings (SSSR count). The maximum Gasteiger partial charge on any atom is 0.200 e. The highest BCUT2D eigenvalue weighted by atomic mass is 35.5. The van der Waals surface area contributed by atoms with Crippen molar-refractivity contribution in [3.63, 3.8) is 0 Å². The van der Waals surface area contributed by atoms with Crippen molar-refractivity contribution < 1.29 is 17.6 Å². The molecule has 2 aromatic rings. The van der Waals surface area contributed by atoms with E-state index in [1.807, 2.05) is 20.8 Å². The normalized spacial score (nSPS) is 19.6. The van der Waals surface area contributed by atoms with Crippen LogP contribution in [0.2, 0.25) is 5.02 Å². The van der Waals surface area contributed by atoms with Gasteiger partial charge in [0, 0.05) is 12.0 Å². The first-order valence-electron chi connectivity index (χ1n) is 7.58. The van der Waals surface area contributed by atoms with Gasteiger partial charge in [-0.3, -0.25) is 0 Å². The topological polar surface area (TPSA) is 69.4 Å². The molecule has 0 spiro atoms. The summed E-state index contributed by atoms with van der Waals surface area (Å²) in [6.07, 6.45) is 0.746. The molecule has 1 saturated heterocycles. The third-order valence-electron chi connectivity index (χ3n) is 3.90. The molecule has 7 heteroatoms. The van der Waals surface area contributed by atoms with Gasteiger partial charge in [-0.25, -0.2) is 13.4 Å². The van der Waals surface area contributed by atoms with Gasteiger partial charge in [0.25, 0.3) is 0 Å². The predicted octanol–water partition coefficient (Wildman–Crippen LogP) is 3.59. The monoisotopic (exact) mass is 357 g/mol. The number of hydrogen-bond acceptors (Lipinski definition) is 5. The quantitative estimate of drug-likeness (QED) is 0.839. The Balaban J connectivity index is 2.11. The summed E-state index contributed by atoms with van der Waals surface area (Å²) in [5, 5.41) is 0.174. The van der Waals surface area contributed by atoms with Gasteiger partial charge >= 0.3 is 0 Å². The maximum absolute atomic E-state index is 12.9. The van der Waals surface area contributed by atoms with E-state index in [-0.39, 0.29) is 32.6 Å². The van der Waals surface area contributed by atoms with E-state index in [2.05, 4.69) is 4.98 Å². The van der Waals surface area contributed by atoms with Crippen molar-refractivity contribution in [1.82, 2.24) is 4.98 Å². The van der Waals surface area contributed by atoms with Gasteiger partial charge in [-0.2, -0.15) is 0 Å². The summed E-state index contributed by atoms with van der Waals surface area (Å²) < 4.78 is 36.8. The number of benzene rings is 1. The Kier molecular flexibility index (Phi) is 4.19. The molecule has 1 aromatic carbocycles. The second-order valence-electron chi connectivity index (χ2n) is 7.00. The molecular formula is C16H20ClNO4S. The smallest absolute Gasteiger partial charge is 0.200 e. The Morgan fingerprint density at radius 2 is 2.09 bits per heavy atom. The van der Waals surface area contributed by atoms with Crippen LogP contribution in [0.25, 0.3) is 11.1 Å². The lowest BCUT2D eigenvalue weighted by Crippen LogP contribution is -2.17. The third-order valence-corrected chi connectivity index (χ3v) is 6.26. The fraction of sp³-hybridized carbons (Fsp3) is 0.562. The SMILES string of the molecule is CC(C)(C)c1nc2ccc(Cl)c(S(=O)(=O)C[C@@H]3CCOC3)c2o1. The fourth-order valence-electron chi connectivity index (χ4n) is 2.66. The molecule has 126 valence electrons. The number of oxazole rings is 1. The minimum atomic E-state index is -3.58. The summed E-state index contributed by atoms with van der Waals surface area (Å²) in [6.45, 7) is 6.96. The highest BCUT2D eigenvalue weighted by molar-refractivity contribution is 7.91. The van der Waals surface area contributed by atoms with Gasteiger partial charge in [0.05, 0.1) is 17.4 Å². The van der Waals surface area contributed by atoms with Crippen LogP contribution in [-0.4, -0.2) is 32.4 Å². The summed E-state index contributed by atoms with van der Waals surface area (Å²) in [5.41, 5.74) is 0.452.